The Hall–Kier alpha value is -0.660. The van der Waals surface area contributed by atoms with Crippen LogP contribution < -0.4 is 4.72 Å². The van der Waals surface area contributed by atoms with Gasteiger partial charge in [-0.2, -0.15) is 17.4 Å². The predicted octanol–water partition coefficient (Wildman–Crippen LogP) is 0.416. The number of aliphatic carboxylic acids is 1. The smallest absolute Gasteiger partial charge is 0.321 e. The van der Waals surface area contributed by atoms with Crippen molar-refractivity contribution < 1.29 is 18.3 Å². The monoisotopic (exact) mass is 252 g/mol. The normalized spacial score (nSPS) is 14.0. The van der Waals surface area contributed by atoms with Crippen LogP contribution in [0.2, 0.25) is 0 Å². The van der Waals surface area contributed by atoms with Crippen molar-refractivity contribution in [2.24, 2.45) is 0 Å². The fourth-order valence-electron chi connectivity index (χ4n) is 1.20. The Labute approximate surface area is 96.8 Å². The van der Waals surface area contributed by atoms with Gasteiger partial charge in [-0.25, -0.2) is 0 Å². The van der Waals surface area contributed by atoms with Crippen LogP contribution in [-0.2, 0) is 15.0 Å². The maximum atomic E-state index is 11.8. The summed E-state index contributed by atoms with van der Waals surface area (Å²) in [7, 11) is -3.69. The highest BCUT2D eigenvalue weighted by atomic mass is 32.2. The van der Waals surface area contributed by atoms with Crippen LogP contribution in [0.3, 0.4) is 0 Å². The van der Waals surface area contributed by atoms with Crippen molar-refractivity contribution in [3.8, 4) is 0 Å². The van der Waals surface area contributed by atoms with Gasteiger partial charge in [0.05, 0.1) is 0 Å². The minimum atomic E-state index is -3.69. The lowest BCUT2D eigenvalue weighted by molar-refractivity contribution is -0.138. The molecule has 96 valence electrons. The molecule has 0 aromatic heterocycles. The molecule has 2 N–H and O–H groups in total. The summed E-state index contributed by atoms with van der Waals surface area (Å²) < 4.78 is 26.9. The standard InChI is InChI=1S/C9H20N2O4S/c1-4-6-11(7-5-2)16(14,15)10-8(3)9(12)13/h8,10H,4-7H2,1-3H3,(H,12,13). The van der Waals surface area contributed by atoms with E-state index in [1.54, 1.807) is 0 Å². The van der Waals surface area contributed by atoms with E-state index < -0.39 is 22.2 Å². The molecule has 1 unspecified atom stereocenters. The number of rotatable bonds is 8. The van der Waals surface area contributed by atoms with E-state index in [4.69, 9.17) is 5.11 Å². The number of hydrogen-bond acceptors (Lipinski definition) is 3. The minimum absolute atomic E-state index is 0.398. The van der Waals surface area contributed by atoms with E-state index in [0.717, 1.165) is 0 Å². The Kier molecular flexibility index (Phi) is 6.54. The Morgan fingerprint density at radius 3 is 2.06 bits per heavy atom. The summed E-state index contributed by atoms with van der Waals surface area (Å²) in [6.45, 7) is 5.85. The van der Waals surface area contributed by atoms with Crippen molar-refractivity contribution in [3.63, 3.8) is 0 Å². The Balaban J connectivity index is 4.65. The summed E-state index contributed by atoms with van der Waals surface area (Å²) >= 11 is 0. The molecule has 6 nitrogen and oxygen atoms in total. The summed E-state index contributed by atoms with van der Waals surface area (Å²) in [6.07, 6.45) is 1.39. The first-order valence-corrected chi connectivity index (χ1v) is 6.79. The maximum Gasteiger partial charge on any atom is 0.321 e. The first kappa shape index (κ1) is 15.3. The molecule has 1 atom stereocenters. The Morgan fingerprint density at radius 1 is 1.31 bits per heavy atom. The summed E-state index contributed by atoms with van der Waals surface area (Å²) in [5.74, 6) is -1.18. The van der Waals surface area contributed by atoms with Gasteiger partial charge in [-0.1, -0.05) is 13.8 Å². The molecule has 0 aromatic carbocycles. The molecule has 0 saturated carbocycles. The Morgan fingerprint density at radius 2 is 1.75 bits per heavy atom. The van der Waals surface area contributed by atoms with E-state index in [2.05, 4.69) is 4.72 Å². The highest BCUT2D eigenvalue weighted by Gasteiger charge is 2.25. The van der Waals surface area contributed by atoms with Gasteiger partial charge in [0, 0.05) is 13.1 Å². The first-order valence-electron chi connectivity index (χ1n) is 5.35. The van der Waals surface area contributed by atoms with Crippen LogP contribution in [-0.4, -0.2) is 42.9 Å². The predicted molar refractivity (Wildman–Crippen MR) is 61.3 cm³/mol. The van der Waals surface area contributed by atoms with Gasteiger partial charge in [-0.05, 0) is 19.8 Å². The second-order valence-corrected chi connectivity index (χ2v) is 5.28. The van der Waals surface area contributed by atoms with Gasteiger partial charge in [-0.15, -0.1) is 0 Å². The average Bonchev–Trinajstić information content (AvgIpc) is 2.16. The van der Waals surface area contributed by atoms with Gasteiger partial charge in [0.25, 0.3) is 10.2 Å². The fourth-order valence-corrected chi connectivity index (χ4v) is 2.74. The van der Waals surface area contributed by atoms with Crippen molar-refractivity contribution in [1.82, 2.24) is 9.03 Å². The van der Waals surface area contributed by atoms with Gasteiger partial charge in [0.2, 0.25) is 0 Å². The molecule has 0 aromatic rings. The molecule has 0 amide bonds. The molecule has 0 rings (SSSR count). The third-order valence-electron chi connectivity index (χ3n) is 1.98. The van der Waals surface area contributed by atoms with Crippen LogP contribution >= 0.6 is 0 Å². The fraction of sp³-hybridized carbons (Fsp3) is 0.889. The van der Waals surface area contributed by atoms with E-state index >= 15 is 0 Å². The van der Waals surface area contributed by atoms with Crippen molar-refractivity contribution in [2.45, 2.75) is 39.7 Å². The molecule has 16 heavy (non-hydrogen) atoms. The third kappa shape index (κ3) is 4.91. The number of carboxylic acid groups (broad SMARTS) is 1. The lowest BCUT2D eigenvalue weighted by atomic mass is 10.4. The van der Waals surface area contributed by atoms with Crippen molar-refractivity contribution in [1.29, 1.82) is 0 Å². The van der Waals surface area contributed by atoms with E-state index in [1.807, 2.05) is 13.8 Å². The van der Waals surface area contributed by atoms with E-state index in [-0.39, 0.29) is 0 Å². The number of hydrogen-bond donors (Lipinski definition) is 2. The van der Waals surface area contributed by atoms with Gasteiger partial charge in [0.15, 0.2) is 0 Å². The third-order valence-corrected chi connectivity index (χ3v) is 3.68. The molecular weight excluding hydrogens is 232 g/mol. The lowest BCUT2D eigenvalue weighted by Gasteiger charge is -2.22. The molecule has 0 heterocycles. The molecule has 0 aliphatic rings. The number of carbonyl (C=O) groups is 1. The summed E-state index contributed by atoms with van der Waals surface area (Å²) in [4.78, 5) is 10.6. The molecule has 0 bridgehead atoms. The zero-order valence-electron chi connectivity index (χ0n) is 9.93. The first-order chi connectivity index (χ1) is 7.35. The topological polar surface area (TPSA) is 86.7 Å². The van der Waals surface area contributed by atoms with E-state index in [1.165, 1.54) is 11.2 Å². The molecular formula is C9H20N2O4S. The number of nitrogens with zero attached hydrogens (tertiary/aromatic N) is 1. The zero-order chi connectivity index (χ0) is 12.8. The zero-order valence-corrected chi connectivity index (χ0v) is 10.7. The van der Waals surface area contributed by atoms with Crippen LogP contribution in [0.25, 0.3) is 0 Å². The summed E-state index contributed by atoms with van der Waals surface area (Å²) in [5, 5.41) is 8.64. The average molecular weight is 252 g/mol. The van der Waals surface area contributed by atoms with Crippen LogP contribution in [0.15, 0.2) is 0 Å². The maximum absolute atomic E-state index is 11.8. The van der Waals surface area contributed by atoms with E-state index in [9.17, 15) is 13.2 Å². The SMILES string of the molecule is CCCN(CCC)S(=O)(=O)NC(C)C(=O)O. The van der Waals surface area contributed by atoms with Crippen LogP contribution in [0.5, 0.6) is 0 Å². The van der Waals surface area contributed by atoms with Crippen molar-refractivity contribution in [3.05, 3.63) is 0 Å². The van der Waals surface area contributed by atoms with Crippen molar-refractivity contribution in [2.75, 3.05) is 13.1 Å². The van der Waals surface area contributed by atoms with Crippen molar-refractivity contribution >= 4 is 16.2 Å². The molecule has 0 spiro atoms. The van der Waals surface area contributed by atoms with Gasteiger partial charge >= 0.3 is 5.97 Å². The molecule has 7 heteroatoms. The summed E-state index contributed by atoms with van der Waals surface area (Å²) in [5.41, 5.74) is 0. The van der Waals surface area contributed by atoms with Crippen LogP contribution in [0.1, 0.15) is 33.6 Å². The largest absolute Gasteiger partial charge is 0.480 e. The lowest BCUT2D eigenvalue weighted by Crippen LogP contribution is -2.47. The van der Waals surface area contributed by atoms with Gasteiger partial charge in [-0.3, -0.25) is 4.79 Å². The second kappa shape index (κ2) is 6.82. The molecule has 0 radical (unpaired) electrons. The number of carboxylic acids is 1. The summed E-state index contributed by atoms with van der Waals surface area (Å²) in [6, 6.07) is -1.11. The minimum Gasteiger partial charge on any atom is -0.480 e. The molecule has 0 aliphatic heterocycles. The van der Waals surface area contributed by atoms with Crippen LogP contribution in [0.4, 0.5) is 0 Å². The Bertz CT molecular complexity index is 309. The van der Waals surface area contributed by atoms with E-state index in [0.29, 0.717) is 25.9 Å². The van der Waals surface area contributed by atoms with Crippen LogP contribution in [0, 0.1) is 0 Å². The highest BCUT2D eigenvalue weighted by Crippen LogP contribution is 2.02. The quantitative estimate of drug-likeness (QED) is 0.655. The molecule has 0 saturated heterocycles. The number of nitrogens with one attached hydrogen (secondary N) is 1. The van der Waals surface area contributed by atoms with Gasteiger partial charge in [0.1, 0.15) is 6.04 Å². The van der Waals surface area contributed by atoms with Gasteiger partial charge < -0.3 is 5.11 Å². The molecule has 0 aliphatic carbocycles. The second-order valence-electron chi connectivity index (χ2n) is 3.58. The molecule has 0 fully saturated rings. The highest BCUT2D eigenvalue weighted by molar-refractivity contribution is 7.87.